The Hall–Kier alpha value is -2.13. The van der Waals surface area contributed by atoms with Gasteiger partial charge in [0, 0.05) is 37.6 Å². The van der Waals surface area contributed by atoms with Crippen LogP contribution in [0.3, 0.4) is 0 Å². The number of nitrogens with zero attached hydrogens (tertiary/aromatic N) is 5. The van der Waals surface area contributed by atoms with Gasteiger partial charge in [-0.1, -0.05) is 0 Å². The van der Waals surface area contributed by atoms with E-state index in [-0.39, 0.29) is 5.91 Å². The van der Waals surface area contributed by atoms with Gasteiger partial charge in [0.2, 0.25) is 0 Å². The Balaban J connectivity index is 1.58. The maximum atomic E-state index is 12.9. The number of anilines is 1. The molecule has 25 heavy (non-hydrogen) atoms. The molecule has 0 aromatic carbocycles. The summed E-state index contributed by atoms with van der Waals surface area (Å²) in [5.74, 6) is 1.73. The second-order valence-electron chi connectivity index (χ2n) is 6.21. The number of rotatable bonds is 3. The largest absolute Gasteiger partial charge is 0.340 e. The van der Waals surface area contributed by atoms with E-state index >= 15 is 0 Å². The molecule has 2 aliphatic rings. The van der Waals surface area contributed by atoms with Gasteiger partial charge in [-0.15, -0.1) is 11.8 Å². The van der Waals surface area contributed by atoms with Gasteiger partial charge in [-0.3, -0.25) is 4.79 Å². The maximum Gasteiger partial charge on any atom is 0.261 e. The number of piperidine rings is 1. The van der Waals surface area contributed by atoms with Crippen LogP contribution in [-0.4, -0.2) is 69.2 Å². The molecule has 0 unspecified atom stereocenters. The number of carbonyl (C=O) groups is 1. The Morgan fingerprint density at radius 1 is 1.36 bits per heavy atom. The molecule has 0 radical (unpaired) electrons. The molecule has 2 aromatic heterocycles. The lowest BCUT2D eigenvalue weighted by Crippen LogP contribution is -2.47. The van der Waals surface area contributed by atoms with Crippen molar-refractivity contribution < 1.29 is 4.79 Å². The highest BCUT2D eigenvalue weighted by Gasteiger charge is 2.28. The SMILES string of the molecule is CN[C@@H]1CCCN(C(=O)C2=CN(c3ncnc4nc[nH]c34)CCS2)C1. The normalized spacial score (nSPS) is 21.5. The highest BCUT2D eigenvalue weighted by atomic mass is 32.2. The van der Waals surface area contributed by atoms with E-state index in [0.29, 0.717) is 11.7 Å². The lowest BCUT2D eigenvalue weighted by Gasteiger charge is -2.34. The zero-order valence-electron chi connectivity index (χ0n) is 14.1. The number of hydrogen-bond acceptors (Lipinski definition) is 7. The number of H-pyrrole nitrogens is 1. The molecular weight excluding hydrogens is 338 g/mol. The summed E-state index contributed by atoms with van der Waals surface area (Å²) in [6.07, 6.45) is 7.21. The number of fused-ring (bicyclic) bond motifs is 1. The minimum absolute atomic E-state index is 0.115. The molecule has 1 atom stereocenters. The number of imidazole rings is 1. The minimum atomic E-state index is 0.115. The van der Waals surface area contributed by atoms with Crippen molar-refractivity contribution >= 4 is 34.7 Å². The van der Waals surface area contributed by atoms with Crippen molar-refractivity contribution in [3.8, 4) is 0 Å². The molecule has 1 fully saturated rings. The van der Waals surface area contributed by atoms with Crippen LogP contribution in [0.2, 0.25) is 0 Å². The molecule has 0 spiro atoms. The Bertz CT molecular complexity index is 805. The average Bonchev–Trinajstić information content (AvgIpc) is 3.16. The van der Waals surface area contributed by atoms with Crippen molar-refractivity contribution in [2.75, 3.05) is 37.3 Å². The van der Waals surface area contributed by atoms with Crippen LogP contribution in [0.5, 0.6) is 0 Å². The first-order chi connectivity index (χ1) is 12.3. The summed E-state index contributed by atoms with van der Waals surface area (Å²) in [5.41, 5.74) is 1.43. The van der Waals surface area contributed by atoms with Crippen molar-refractivity contribution in [1.82, 2.24) is 30.2 Å². The number of likely N-dealkylation sites (N-methyl/N-ethyl adjacent to an activating group) is 1. The number of amides is 1. The summed E-state index contributed by atoms with van der Waals surface area (Å²) < 4.78 is 0. The van der Waals surface area contributed by atoms with Crippen LogP contribution in [0, 0.1) is 0 Å². The van der Waals surface area contributed by atoms with Gasteiger partial charge in [0.15, 0.2) is 11.5 Å². The number of nitrogens with one attached hydrogen (secondary N) is 2. The summed E-state index contributed by atoms with van der Waals surface area (Å²) in [6.45, 7) is 2.39. The van der Waals surface area contributed by atoms with Gasteiger partial charge >= 0.3 is 0 Å². The zero-order chi connectivity index (χ0) is 17.2. The fourth-order valence-corrected chi connectivity index (χ4v) is 4.27. The van der Waals surface area contributed by atoms with Gasteiger partial charge in [0.05, 0.1) is 11.2 Å². The molecule has 9 heteroatoms. The Labute approximate surface area is 150 Å². The summed E-state index contributed by atoms with van der Waals surface area (Å²) in [5, 5.41) is 3.28. The van der Waals surface area contributed by atoms with Gasteiger partial charge in [0.25, 0.3) is 5.91 Å². The molecular formula is C16H21N7OS. The fourth-order valence-electron chi connectivity index (χ4n) is 3.30. The van der Waals surface area contributed by atoms with Crippen molar-refractivity contribution in [3.05, 3.63) is 23.8 Å². The predicted octanol–water partition coefficient (Wildman–Crippen LogP) is 0.958. The molecule has 1 amide bonds. The van der Waals surface area contributed by atoms with E-state index in [1.165, 1.54) is 6.33 Å². The van der Waals surface area contributed by atoms with E-state index in [0.717, 1.165) is 54.5 Å². The van der Waals surface area contributed by atoms with Gasteiger partial charge in [-0.2, -0.15) is 0 Å². The molecule has 8 nitrogen and oxygen atoms in total. The first kappa shape index (κ1) is 16.3. The third-order valence-electron chi connectivity index (χ3n) is 4.67. The molecule has 2 aliphatic heterocycles. The van der Waals surface area contributed by atoms with Gasteiger partial charge in [-0.25, -0.2) is 15.0 Å². The lowest BCUT2D eigenvalue weighted by atomic mass is 10.1. The summed E-state index contributed by atoms with van der Waals surface area (Å²) in [7, 11) is 1.96. The minimum Gasteiger partial charge on any atom is -0.340 e. The first-order valence-electron chi connectivity index (χ1n) is 8.48. The number of thioether (sulfide) groups is 1. The van der Waals surface area contributed by atoms with Crippen LogP contribution in [0.15, 0.2) is 23.8 Å². The Morgan fingerprint density at radius 2 is 2.28 bits per heavy atom. The van der Waals surface area contributed by atoms with Crippen molar-refractivity contribution in [1.29, 1.82) is 0 Å². The zero-order valence-corrected chi connectivity index (χ0v) is 14.9. The molecule has 1 saturated heterocycles. The monoisotopic (exact) mass is 359 g/mol. The fraction of sp³-hybridized carbons (Fsp3) is 0.500. The van der Waals surface area contributed by atoms with Gasteiger partial charge in [-0.05, 0) is 19.9 Å². The van der Waals surface area contributed by atoms with Crippen LogP contribution in [0.1, 0.15) is 12.8 Å². The number of aromatic nitrogens is 4. The highest BCUT2D eigenvalue weighted by molar-refractivity contribution is 8.04. The second kappa shape index (κ2) is 7.01. The van der Waals surface area contributed by atoms with Crippen molar-refractivity contribution in [2.45, 2.75) is 18.9 Å². The number of aromatic amines is 1. The molecule has 4 heterocycles. The average molecular weight is 359 g/mol. The molecule has 0 bridgehead atoms. The van der Waals surface area contributed by atoms with E-state index in [1.54, 1.807) is 18.1 Å². The van der Waals surface area contributed by atoms with E-state index in [9.17, 15) is 4.79 Å². The number of carbonyl (C=O) groups excluding carboxylic acids is 1. The third kappa shape index (κ3) is 3.21. The standard InChI is InChI=1S/C16H21N7OS/c1-17-11-3-2-4-23(7-11)16(24)12-8-22(5-6-25-12)15-13-14(19-9-18-13)20-10-21-15/h8-11,17H,2-7H2,1H3,(H,18,19,20,21)/t11-/m1/s1. The van der Waals surface area contributed by atoms with E-state index in [1.807, 2.05) is 23.0 Å². The predicted molar refractivity (Wildman–Crippen MR) is 98.2 cm³/mol. The molecule has 2 N–H and O–H groups in total. The highest BCUT2D eigenvalue weighted by Crippen LogP contribution is 2.29. The van der Waals surface area contributed by atoms with E-state index in [4.69, 9.17) is 0 Å². The number of likely N-dealkylation sites (tertiary alicyclic amines) is 1. The van der Waals surface area contributed by atoms with E-state index in [2.05, 4.69) is 25.3 Å². The summed E-state index contributed by atoms with van der Waals surface area (Å²) in [4.78, 5) is 33.5. The maximum absolute atomic E-state index is 12.9. The molecule has 2 aromatic rings. The van der Waals surface area contributed by atoms with Crippen LogP contribution < -0.4 is 10.2 Å². The molecule has 0 aliphatic carbocycles. The van der Waals surface area contributed by atoms with Crippen LogP contribution >= 0.6 is 11.8 Å². The summed E-state index contributed by atoms with van der Waals surface area (Å²) in [6, 6.07) is 0.384. The van der Waals surface area contributed by atoms with Crippen LogP contribution in [0.25, 0.3) is 11.2 Å². The Kier molecular flexibility index (Phi) is 4.58. The topological polar surface area (TPSA) is 90.0 Å². The quantitative estimate of drug-likeness (QED) is 0.843. The van der Waals surface area contributed by atoms with Crippen molar-refractivity contribution in [3.63, 3.8) is 0 Å². The molecule has 132 valence electrons. The van der Waals surface area contributed by atoms with Crippen LogP contribution in [0.4, 0.5) is 5.82 Å². The third-order valence-corrected chi connectivity index (χ3v) is 5.64. The van der Waals surface area contributed by atoms with E-state index < -0.39 is 0 Å². The van der Waals surface area contributed by atoms with Crippen LogP contribution in [-0.2, 0) is 4.79 Å². The number of hydrogen-bond donors (Lipinski definition) is 2. The molecule has 0 saturated carbocycles. The Morgan fingerprint density at radius 3 is 3.16 bits per heavy atom. The smallest absolute Gasteiger partial charge is 0.261 e. The van der Waals surface area contributed by atoms with Crippen molar-refractivity contribution in [2.24, 2.45) is 0 Å². The summed E-state index contributed by atoms with van der Waals surface area (Å²) >= 11 is 1.62. The second-order valence-corrected chi connectivity index (χ2v) is 7.35. The van der Waals surface area contributed by atoms with Gasteiger partial charge in [0.1, 0.15) is 11.8 Å². The van der Waals surface area contributed by atoms with Gasteiger partial charge < -0.3 is 20.1 Å². The first-order valence-corrected chi connectivity index (χ1v) is 9.46. The molecule has 4 rings (SSSR count). The lowest BCUT2D eigenvalue weighted by molar-refractivity contribution is -0.127.